The summed E-state index contributed by atoms with van der Waals surface area (Å²) in [6.07, 6.45) is 1.98. The van der Waals surface area contributed by atoms with Crippen molar-refractivity contribution in [1.29, 1.82) is 0 Å². The van der Waals surface area contributed by atoms with Gasteiger partial charge < -0.3 is 9.88 Å². The third kappa shape index (κ3) is 2.83. The predicted molar refractivity (Wildman–Crippen MR) is 92.3 cm³/mol. The van der Waals surface area contributed by atoms with Gasteiger partial charge >= 0.3 is 0 Å². The first-order valence-corrected chi connectivity index (χ1v) is 8.43. The fourth-order valence-electron chi connectivity index (χ4n) is 2.06. The maximum absolute atomic E-state index is 6.06. The van der Waals surface area contributed by atoms with E-state index in [4.69, 9.17) is 23.2 Å². The van der Waals surface area contributed by atoms with E-state index < -0.39 is 0 Å². The Kier molecular flexibility index (Phi) is 3.87. The second-order valence-corrected chi connectivity index (χ2v) is 7.92. The molecule has 0 aromatic carbocycles. The highest BCUT2D eigenvalue weighted by molar-refractivity contribution is 7.20. The SMILES string of the molecule is Cn1c(CNc2nn3cc(C(C)(C)C)nc3s2)cc(Cl)c1Cl. The van der Waals surface area contributed by atoms with Crippen LogP contribution >= 0.6 is 34.5 Å². The maximum atomic E-state index is 6.06. The van der Waals surface area contributed by atoms with Crippen molar-refractivity contribution < 1.29 is 0 Å². The summed E-state index contributed by atoms with van der Waals surface area (Å²) in [6.45, 7) is 7.02. The topological polar surface area (TPSA) is 47.2 Å². The summed E-state index contributed by atoms with van der Waals surface area (Å²) in [5, 5.41) is 9.71. The molecule has 118 valence electrons. The van der Waals surface area contributed by atoms with E-state index in [-0.39, 0.29) is 5.41 Å². The highest BCUT2D eigenvalue weighted by Gasteiger charge is 2.19. The van der Waals surface area contributed by atoms with Crippen molar-refractivity contribution in [3.8, 4) is 0 Å². The van der Waals surface area contributed by atoms with Gasteiger partial charge in [0.2, 0.25) is 10.1 Å². The first kappa shape index (κ1) is 15.6. The van der Waals surface area contributed by atoms with Crippen molar-refractivity contribution in [1.82, 2.24) is 19.2 Å². The normalized spacial score (nSPS) is 12.3. The zero-order valence-electron chi connectivity index (χ0n) is 12.8. The average Bonchev–Trinajstić information content (AvgIpc) is 3.04. The predicted octanol–water partition coefficient (Wildman–Crippen LogP) is 4.35. The number of anilines is 1. The molecule has 8 heteroatoms. The van der Waals surface area contributed by atoms with Crippen molar-refractivity contribution in [2.75, 3.05) is 5.32 Å². The second-order valence-electron chi connectivity index (χ2n) is 6.20. The lowest BCUT2D eigenvalue weighted by Crippen LogP contribution is -2.11. The molecule has 0 fully saturated rings. The quantitative estimate of drug-likeness (QED) is 0.757. The van der Waals surface area contributed by atoms with E-state index in [9.17, 15) is 0 Å². The Bertz CT molecular complexity index is 793. The number of nitrogens with one attached hydrogen (secondary N) is 1. The molecule has 0 amide bonds. The van der Waals surface area contributed by atoms with Crippen LogP contribution in [0, 0.1) is 0 Å². The zero-order valence-corrected chi connectivity index (χ0v) is 15.1. The average molecular weight is 358 g/mol. The Balaban J connectivity index is 1.77. The number of hydrogen-bond donors (Lipinski definition) is 1. The molecule has 0 spiro atoms. The van der Waals surface area contributed by atoms with Crippen LogP contribution < -0.4 is 5.32 Å². The van der Waals surface area contributed by atoms with Crippen molar-refractivity contribution >= 4 is 44.6 Å². The zero-order chi connectivity index (χ0) is 16.1. The molecule has 1 N–H and O–H groups in total. The molecule has 0 unspecified atom stereocenters. The summed E-state index contributed by atoms with van der Waals surface area (Å²) in [4.78, 5) is 5.51. The van der Waals surface area contributed by atoms with E-state index in [1.807, 2.05) is 28.4 Å². The van der Waals surface area contributed by atoms with Gasteiger partial charge in [0.05, 0.1) is 23.5 Å². The van der Waals surface area contributed by atoms with Gasteiger partial charge in [-0.25, -0.2) is 9.50 Å². The number of rotatable bonds is 3. The van der Waals surface area contributed by atoms with Crippen LogP contribution in [0.3, 0.4) is 0 Å². The van der Waals surface area contributed by atoms with Gasteiger partial charge in [0.25, 0.3) is 0 Å². The Hall–Kier alpha value is -1.24. The standard InChI is InChI=1S/C14H17Cl2N5S/c1-14(2,3)10-7-21-13(18-10)22-12(19-21)17-6-8-5-9(15)11(16)20(8)4/h5,7H,6H2,1-4H3,(H,17,19). The maximum Gasteiger partial charge on any atom is 0.214 e. The number of nitrogens with zero attached hydrogens (tertiary/aromatic N) is 4. The van der Waals surface area contributed by atoms with Crippen LogP contribution in [0.5, 0.6) is 0 Å². The summed E-state index contributed by atoms with van der Waals surface area (Å²) in [5.41, 5.74) is 2.06. The molecule has 5 nitrogen and oxygen atoms in total. The molecule has 0 bridgehead atoms. The molecule has 3 rings (SSSR count). The fraction of sp³-hybridized carbons (Fsp3) is 0.429. The molecule has 0 atom stereocenters. The molecular weight excluding hydrogens is 341 g/mol. The first-order chi connectivity index (χ1) is 10.3. The lowest BCUT2D eigenvalue weighted by Gasteiger charge is -2.13. The summed E-state index contributed by atoms with van der Waals surface area (Å²) in [6, 6.07) is 1.85. The molecule has 0 saturated carbocycles. The largest absolute Gasteiger partial charge is 0.355 e. The molecule has 0 aliphatic rings. The van der Waals surface area contributed by atoms with Gasteiger partial charge in [-0.05, 0) is 6.07 Å². The van der Waals surface area contributed by atoms with E-state index in [1.165, 1.54) is 11.3 Å². The minimum Gasteiger partial charge on any atom is -0.355 e. The number of fused-ring (bicyclic) bond motifs is 1. The van der Waals surface area contributed by atoms with E-state index >= 15 is 0 Å². The highest BCUT2D eigenvalue weighted by Crippen LogP contribution is 2.28. The molecule has 0 saturated heterocycles. The van der Waals surface area contributed by atoms with Crippen LogP contribution in [0.1, 0.15) is 32.2 Å². The van der Waals surface area contributed by atoms with Crippen LogP contribution in [0.25, 0.3) is 4.96 Å². The Labute approximate surface area is 142 Å². The lowest BCUT2D eigenvalue weighted by atomic mass is 9.93. The molecule has 0 aliphatic heterocycles. The van der Waals surface area contributed by atoms with Crippen molar-refractivity contribution in [3.05, 3.63) is 33.8 Å². The molecule has 3 heterocycles. The molecule has 3 aromatic rings. The van der Waals surface area contributed by atoms with E-state index in [2.05, 4.69) is 36.2 Å². The number of imidazole rings is 1. The van der Waals surface area contributed by atoms with Crippen molar-refractivity contribution in [3.63, 3.8) is 0 Å². The smallest absolute Gasteiger partial charge is 0.214 e. The van der Waals surface area contributed by atoms with Gasteiger partial charge in [-0.2, -0.15) is 0 Å². The molecular formula is C14H17Cl2N5S. The van der Waals surface area contributed by atoms with Gasteiger partial charge in [0, 0.05) is 18.2 Å². The summed E-state index contributed by atoms with van der Waals surface area (Å²) in [7, 11) is 1.88. The summed E-state index contributed by atoms with van der Waals surface area (Å²) < 4.78 is 3.67. The Morgan fingerprint density at radius 1 is 1.32 bits per heavy atom. The van der Waals surface area contributed by atoms with E-state index in [0.29, 0.717) is 16.7 Å². The third-order valence-electron chi connectivity index (χ3n) is 3.45. The number of aromatic nitrogens is 4. The van der Waals surface area contributed by atoms with Gasteiger partial charge in [0.1, 0.15) is 5.15 Å². The second kappa shape index (κ2) is 5.44. The van der Waals surface area contributed by atoms with E-state index in [0.717, 1.165) is 21.5 Å². The molecule has 22 heavy (non-hydrogen) atoms. The van der Waals surface area contributed by atoms with Gasteiger partial charge in [0.15, 0.2) is 0 Å². The number of halogens is 2. The van der Waals surface area contributed by atoms with Crippen molar-refractivity contribution in [2.24, 2.45) is 7.05 Å². The van der Waals surface area contributed by atoms with Gasteiger partial charge in [-0.15, -0.1) is 5.10 Å². The lowest BCUT2D eigenvalue weighted by molar-refractivity contribution is 0.572. The summed E-state index contributed by atoms with van der Waals surface area (Å²) >= 11 is 13.6. The summed E-state index contributed by atoms with van der Waals surface area (Å²) in [5.74, 6) is 0. The third-order valence-corrected chi connectivity index (χ3v) is 5.17. The Morgan fingerprint density at radius 3 is 2.59 bits per heavy atom. The van der Waals surface area contributed by atoms with Crippen molar-refractivity contribution in [2.45, 2.75) is 32.7 Å². The molecule has 0 radical (unpaired) electrons. The van der Waals surface area contributed by atoms with Crippen LogP contribution in [0.15, 0.2) is 12.3 Å². The van der Waals surface area contributed by atoms with Crippen LogP contribution in [0.4, 0.5) is 5.13 Å². The number of hydrogen-bond acceptors (Lipinski definition) is 4. The van der Waals surface area contributed by atoms with Crippen LogP contribution in [-0.2, 0) is 19.0 Å². The fourth-order valence-corrected chi connectivity index (χ4v) is 3.25. The first-order valence-electron chi connectivity index (χ1n) is 6.86. The monoisotopic (exact) mass is 357 g/mol. The highest BCUT2D eigenvalue weighted by atomic mass is 35.5. The minimum atomic E-state index is 0.0253. The van der Waals surface area contributed by atoms with Gasteiger partial charge in [-0.3, -0.25) is 0 Å². The van der Waals surface area contributed by atoms with Gasteiger partial charge in [-0.1, -0.05) is 55.3 Å². The van der Waals surface area contributed by atoms with Crippen LogP contribution in [-0.4, -0.2) is 19.2 Å². The molecule has 3 aromatic heterocycles. The minimum absolute atomic E-state index is 0.0253. The van der Waals surface area contributed by atoms with E-state index in [1.54, 1.807) is 0 Å². The van der Waals surface area contributed by atoms with Crippen LogP contribution in [0.2, 0.25) is 10.2 Å². The Morgan fingerprint density at radius 2 is 2.05 bits per heavy atom. The molecule has 0 aliphatic carbocycles.